The molecular weight excluding hydrogens is 226 g/mol. The molecule has 0 aliphatic carbocycles. The lowest BCUT2D eigenvalue weighted by atomic mass is 10.2. The molecule has 0 bridgehead atoms. The minimum atomic E-state index is -3.41. The highest BCUT2D eigenvalue weighted by atomic mass is 19.3. The third kappa shape index (κ3) is 2.77. The van der Waals surface area contributed by atoms with Crippen LogP contribution in [0.25, 0.3) is 0 Å². The van der Waals surface area contributed by atoms with Crippen molar-refractivity contribution >= 4 is 0 Å². The Bertz CT molecular complexity index is 351. The first kappa shape index (κ1) is 11.7. The first-order chi connectivity index (χ1) is 6.91. The minimum Gasteiger partial charge on any atom is -0.432 e. The van der Waals surface area contributed by atoms with Crippen LogP contribution in [0.4, 0.5) is 26.3 Å². The average molecular weight is 230 g/mol. The molecule has 0 spiro atoms. The molecule has 1 aromatic carbocycles. The zero-order valence-corrected chi connectivity index (χ0v) is 6.99. The van der Waals surface area contributed by atoms with Crippen LogP contribution in [0.15, 0.2) is 12.1 Å². The molecule has 0 fully saturated rings. The molecule has 0 heterocycles. The molecule has 1 nitrogen and oxygen atoms in total. The number of rotatable bonds is 3. The Balaban J connectivity index is 3.16. The lowest BCUT2D eigenvalue weighted by molar-refractivity contribution is -0.0527. The highest BCUT2D eigenvalue weighted by Crippen LogP contribution is 2.30. The second kappa shape index (κ2) is 4.41. The van der Waals surface area contributed by atoms with E-state index in [2.05, 4.69) is 4.74 Å². The second-order valence-corrected chi connectivity index (χ2v) is 2.49. The normalized spacial score (nSPS) is 11.2. The number of benzene rings is 1. The summed E-state index contributed by atoms with van der Waals surface area (Å²) in [7, 11) is 0. The van der Waals surface area contributed by atoms with Crippen molar-refractivity contribution < 1.29 is 31.1 Å². The molecule has 0 aliphatic heterocycles. The van der Waals surface area contributed by atoms with Gasteiger partial charge in [-0.1, -0.05) is 0 Å². The maximum Gasteiger partial charge on any atom is 0.387 e. The average Bonchev–Trinajstić information content (AvgIpc) is 2.09. The summed E-state index contributed by atoms with van der Waals surface area (Å²) in [5.74, 6) is -4.20. The molecule has 0 aromatic heterocycles. The van der Waals surface area contributed by atoms with E-state index in [-0.39, 0.29) is 12.1 Å². The van der Waals surface area contributed by atoms with Gasteiger partial charge in [0.25, 0.3) is 6.43 Å². The molecule has 0 saturated heterocycles. The van der Waals surface area contributed by atoms with E-state index >= 15 is 0 Å². The molecule has 0 atom stereocenters. The van der Waals surface area contributed by atoms with Gasteiger partial charge in [-0.2, -0.15) is 8.78 Å². The van der Waals surface area contributed by atoms with E-state index in [9.17, 15) is 26.3 Å². The van der Waals surface area contributed by atoms with Crippen molar-refractivity contribution in [2.75, 3.05) is 0 Å². The summed E-state index contributed by atoms with van der Waals surface area (Å²) < 4.78 is 76.6. The fourth-order valence-corrected chi connectivity index (χ4v) is 0.925. The van der Waals surface area contributed by atoms with Gasteiger partial charge in [0.1, 0.15) is 5.82 Å². The Morgan fingerprint density at radius 1 is 1.00 bits per heavy atom. The molecule has 0 radical (unpaired) electrons. The van der Waals surface area contributed by atoms with Crippen molar-refractivity contribution in [1.82, 2.24) is 0 Å². The van der Waals surface area contributed by atoms with Crippen molar-refractivity contribution in [1.29, 1.82) is 0 Å². The van der Waals surface area contributed by atoms with Crippen LogP contribution in [0.2, 0.25) is 0 Å². The van der Waals surface area contributed by atoms with Gasteiger partial charge in [-0.3, -0.25) is 0 Å². The number of ether oxygens (including phenoxy) is 1. The molecule has 0 aliphatic rings. The molecule has 0 amide bonds. The smallest absolute Gasteiger partial charge is 0.387 e. The van der Waals surface area contributed by atoms with Crippen molar-refractivity contribution in [2.24, 2.45) is 0 Å². The molecule has 1 rings (SSSR count). The van der Waals surface area contributed by atoms with Crippen LogP contribution in [0, 0.1) is 11.6 Å². The lowest BCUT2D eigenvalue weighted by Crippen LogP contribution is -2.06. The number of hydrogen-bond donors (Lipinski definition) is 0. The van der Waals surface area contributed by atoms with E-state index in [0.29, 0.717) is 0 Å². The third-order valence-corrected chi connectivity index (χ3v) is 1.48. The highest BCUT2D eigenvalue weighted by Gasteiger charge is 2.21. The van der Waals surface area contributed by atoms with Gasteiger partial charge >= 0.3 is 6.61 Å². The molecule has 84 valence electrons. The Kier molecular flexibility index (Phi) is 3.43. The predicted octanol–water partition coefficient (Wildman–Crippen LogP) is 3.50. The van der Waals surface area contributed by atoms with E-state index < -0.39 is 36.0 Å². The van der Waals surface area contributed by atoms with Gasteiger partial charge in [-0.15, -0.1) is 0 Å². The van der Waals surface area contributed by atoms with Crippen LogP contribution in [-0.4, -0.2) is 6.61 Å². The van der Waals surface area contributed by atoms with Gasteiger partial charge in [0.2, 0.25) is 0 Å². The summed E-state index contributed by atoms with van der Waals surface area (Å²) in [4.78, 5) is 0. The molecule has 15 heavy (non-hydrogen) atoms. The van der Waals surface area contributed by atoms with E-state index in [1.165, 1.54) is 0 Å². The van der Waals surface area contributed by atoms with Crippen LogP contribution in [-0.2, 0) is 0 Å². The molecule has 0 N–H and O–H groups in total. The van der Waals surface area contributed by atoms with E-state index in [1.807, 2.05) is 0 Å². The minimum absolute atomic E-state index is 0.221. The van der Waals surface area contributed by atoms with Gasteiger partial charge in [0.05, 0.1) is 5.56 Å². The Morgan fingerprint density at radius 2 is 1.60 bits per heavy atom. The zero-order chi connectivity index (χ0) is 11.6. The van der Waals surface area contributed by atoms with Crippen LogP contribution in [0.1, 0.15) is 12.0 Å². The predicted molar refractivity (Wildman–Crippen MR) is 37.9 cm³/mol. The molecular formula is C8H4F6O. The first-order valence-electron chi connectivity index (χ1n) is 3.63. The Morgan fingerprint density at radius 3 is 2.07 bits per heavy atom. The van der Waals surface area contributed by atoms with Gasteiger partial charge in [0.15, 0.2) is 11.6 Å². The standard InChI is InChI=1S/C8H4F6O/c9-3-1-4(7(11)12)6(10)5(2-3)15-8(13)14/h1-2,7-8H. The number of halogens is 6. The molecule has 1 aromatic rings. The first-order valence-corrected chi connectivity index (χ1v) is 3.63. The summed E-state index contributed by atoms with van der Waals surface area (Å²) in [5.41, 5.74) is -1.31. The SMILES string of the molecule is Fc1cc(OC(F)F)c(F)c(C(F)F)c1. The van der Waals surface area contributed by atoms with Crippen molar-refractivity contribution in [3.63, 3.8) is 0 Å². The van der Waals surface area contributed by atoms with E-state index in [4.69, 9.17) is 0 Å². The maximum atomic E-state index is 13.0. The largest absolute Gasteiger partial charge is 0.432 e. The topological polar surface area (TPSA) is 9.23 Å². The molecule has 7 heteroatoms. The van der Waals surface area contributed by atoms with Crippen LogP contribution >= 0.6 is 0 Å². The molecule has 0 unspecified atom stereocenters. The summed E-state index contributed by atoms with van der Waals surface area (Å²) in [5, 5.41) is 0. The molecule has 0 saturated carbocycles. The Labute approximate surface area is 80.3 Å². The van der Waals surface area contributed by atoms with Crippen molar-refractivity contribution in [2.45, 2.75) is 13.0 Å². The fraction of sp³-hybridized carbons (Fsp3) is 0.250. The van der Waals surface area contributed by atoms with E-state index in [1.54, 1.807) is 0 Å². The second-order valence-electron chi connectivity index (χ2n) is 2.49. The Hall–Kier alpha value is -1.40. The maximum absolute atomic E-state index is 13.0. The summed E-state index contributed by atoms with van der Waals surface area (Å²) >= 11 is 0. The third-order valence-electron chi connectivity index (χ3n) is 1.48. The van der Waals surface area contributed by atoms with Gasteiger partial charge < -0.3 is 4.74 Å². The van der Waals surface area contributed by atoms with Crippen molar-refractivity contribution in [3.05, 3.63) is 29.3 Å². The fourth-order valence-electron chi connectivity index (χ4n) is 0.925. The number of hydrogen-bond acceptors (Lipinski definition) is 1. The highest BCUT2D eigenvalue weighted by molar-refractivity contribution is 5.32. The van der Waals surface area contributed by atoms with Gasteiger partial charge in [0, 0.05) is 6.07 Å². The quantitative estimate of drug-likeness (QED) is 0.722. The summed E-state index contributed by atoms with van der Waals surface area (Å²) in [6, 6.07) is 0.492. The summed E-state index contributed by atoms with van der Waals surface area (Å²) in [6.07, 6.45) is -3.30. The van der Waals surface area contributed by atoms with Crippen LogP contribution in [0.5, 0.6) is 5.75 Å². The zero-order valence-electron chi connectivity index (χ0n) is 6.99. The summed E-state index contributed by atoms with van der Waals surface area (Å²) in [6.45, 7) is -3.41. The van der Waals surface area contributed by atoms with Crippen LogP contribution < -0.4 is 4.74 Å². The number of alkyl halides is 4. The van der Waals surface area contributed by atoms with Gasteiger partial charge in [-0.05, 0) is 6.07 Å². The van der Waals surface area contributed by atoms with Crippen LogP contribution in [0.3, 0.4) is 0 Å². The van der Waals surface area contributed by atoms with Crippen molar-refractivity contribution in [3.8, 4) is 5.75 Å². The lowest BCUT2D eigenvalue weighted by Gasteiger charge is -2.09. The monoisotopic (exact) mass is 230 g/mol. The van der Waals surface area contributed by atoms with Gasteiger partial charge in [-0.25, -0.2) is 17.6 Å². The van der Waals surface area contributed by atoms with E-state index in [0.717, 1.165) is 0 Å².